The Kier molecular flexibility index (Phi) is 15.6. The van der Waals surface area contributed by atoms with E-state index in [-0.39, 0.29) is 0 Å². The lowest BCUT2D eigenvalue weighted by Gasteiger charge is -2.04. The zero-order chi connectivity index (χ0) is 18.7. The summed E-state index contributed by atoms with van der Waals surface area (Å²) >= 11 is 0. The third kappa shape index (κ3) is 12.5. The van der Waals surface area contributed by atoms with Crippen molar-refractivity contribution >= 4 is 0 Å². The minimum atomic E-state index is 0.592. The van der Waals surface area contributed by atoms with Gasteiger partial charge in [0.15, 0.2) is 18.6 Å². The Labute approximate surface area is 163 Å². The highest BCUT2D eigenvalue weighted by atomic mass is 15.0. The Bertz CT molecular complexity index is 416. The lowest BCUT2D eigenvalue weighted by molar-refractivity contribution is -0.703. The number of rotatable bonds is 18. The van der Waals surface area contributed by atoms with E-state index in [4.69, 9.17) is 5.73 Å². The molecule has 1 aromatic heterocycles. The summed E-state index contributed by atoms with van der Waals surface area (Å²) in [7, 11) is 0. The number of hydrogen-bond acceptors (Lipinski definition) is 1. The average Bonchev–Trinajstić information content (AvgIpc) is 2.68. The van der Waals surface area contributed by atoms with Gasteiger partial charge in [-0.05, 0) is 6.42 Å². The molecule has 1 rings (SSSR count). The molecule has 0 bridgehead atoms. The fourth-order valence-electron chi connectivity index (χ4n) is 3.77. The van der Waals surface area contributed by atoms with E-state index in [9.17, 15) is 0 Å². The predicted molar refractivity (Wildman–Crippen MR) is 114 cm³/mol. The molecule has 0 aliphatic rings. The Hall–Kier alpha value is -0.890. The molecule has 0 radical (unpaired) electrons. The van der Waals surface area contributed by atoms with Crippen molar-refractivity contribution in [3.05, 3.63) is 30.1 Å². The normalized spacial score (nSPS) is 11.2. The van der Waals surface area contributed by atoms with Gasteiger partial charge in [-0.1, -0.05) is 109 Å². The summed E-state index contributed by atoms with van der Waals surface area (Å²) in [6.07, 6.45) is 26.1. The average molecular weight is 362 g/mol. The van der Waals surface area contributed by atoms with Gasteiger partial charge in [-0.25, -0.2) is 0 Å². The largest absolute Gasteiger partial charge is 0.275 e. The molecule has 1 aromatic rings. The van der Waals surface area contributed by atoms with Crippen LogP contribution in [0.5, 0.6) is 0 Å². The van der Waals surface area contributed by atoms with Crippen LogP contribution in [0.25, 0.3) is 0 Å². The van der Waals surface area contributed by atoms with Gasteiger partial charge in [0.2, 0.25) is 0 Å². The monoisotopic (exact) mass is 361 g/mol. The number of unbranched alkanes of at least 4 members (excludes halogenated alkanes) is 15. The molecule has 0 fully saturated rings. The maximum absolute atomic E-state index is 5.77. The molecule has 0 atom stereocenters. The topological polar surface area (TPSA) is 29.9 Å². The molecule has 0 aliphatic carbocycles. The Morgan fingerprint density at radius 1 is 0.654 bits per heavy atom. The molecule has 0 amide bonds. The van der Waals surface area contributed by atoms with E-state index in [0.29, 0.717) is 6.67 Å². The van der Waals surface area contributed by atoms with E-state index < -0.39 is 0 Å². The molecular formula is C24H45N2+. The summed E-state index contributed by atoms with van der Waals surface area (Å²) in [6, 6.07) is 6.38. The zero-order valence-corrected chi connectivity index (χ0v) is 17.6. The van der Waals surface area contributed by atoms with E-state index in [1.807, 2.05) is 0 Å². The van der Waals surface area contributed by atoms with Crippen molar-refractivity contribution in [3.63, 3.8) is 0 Å². The van der Waals surface area contributed by atoms with Gasteiger partial charge in [-0.3, -0.25) is 5.73 Å². The molecule has 0 spiro atoms. The number of nitrogens with zero attached hydrogens (tertiary/aromatic N) is 1. The van der Waals surface area contributed by atoms with Gasteiger partial charge in [0, 0.05) is 18.6 Å². The summed E-state index contributed by atoms with van der Waals surface area (Å²) in [6.45, 7) is 2.89. The predicted octanol–water partition coefficient (Wildman–Crippen LogP) is 6.69. The lowest BCUT2D eigenvalue weighted by atomic mass is 10.0. The minimum absolute atomic E-state index is 0.592. The van der Waals surface area contributed by atoms with Crippen molar-refractivity contribution in [1.82, 2.24) is 0 Å². The number of nitrogens with two attached hydrogens (primary N) is 1. The molecule has 150 valence electrons. The van der Waals surface area contributed by atoms with Gasteiger partial charge in [0.1, 0.15) is 0 Å². The van der Waals surface area contributed by atoms with Crippen molar-refractivity contribution in [2.45, 2.75) is 123 Å². The first-order valence-electron chi connectivity index (χ1n) is 11.6. The molecule has 26 heavy (non-hydrogen) atoms. The van der Waals surface area contributed by atoms with Crippen LogP contribution in [-0.2, 0) is 13.1 Å². The third-order valence-electron chi connectivity index (χ3n) is 5.52. The standard InChI is InChI=1S/C24H45N2/c1-2-3-4-5-6-7-8-9-10-11-12-13-14-15-16-17-20-24-21-18-19-22-26(24)23-25/h18-19,21-22H,2-17,20,23,25H2,1H3/q+1. The Morgan fingerprint density at radius 2 is 1.12 bits per heavy atom. The third-order valence-corrected chi connectivity index (χ3v) is 5.52. The Morgan fingerprint density at radius 3 is 1.58 bits per heavy atom. The van der Waals surface area contributed by atoms with E-state index in [1.165, 1.54) is 108 Å². The number of hydrogen-bond donors (Lipinski definition) is 1. The van der Waals surface area contributed by atoms with Crippen molar-refractivity contribution in [2.24, 2.45) is 5.73 Å². The smallest absolute Gasteiger partial charge is 0.199 e. The van der Waals surface area contributed by atoms with Crippen LogP contribution in [0.15, 0.2) is 24.4 Å². The van der Waals surface area contributed by atoms with Gasteiger partial charge in [0.25, 0.3) is 0 Å². The van der Waals surface area contributed by atoms with Crippen molar-refractivity contribution < 1.29 is 4.57 Å². The summed E-state index contributed by atoms with van der Waals surface area (Å²) in [5.41, 5.74) is 7.15. The molecular weight excluding hydrogens is 316 g/mol. The molecule has 1 heterocycles. The fourth-order valence-corrected chi connectivity index (χ4v) is 3.77. The van der Waals surface area contributed by atoms with Gasteiger partial charge in [-0.2, -0.15) is 4.57 Å². The van der Waals surface area contributed by atoms with Crippen LogP contribution in [0, 0.1) is 0 Å². The first-order chi connectivity index (χ1) is 12.9. The summed E-state index contributed by atoms with van der Waals surface area (Å²) < 4.78 is 2.16. The van der Waals surface area contributed by atoms with Gasteiger partial charge in [-0.15, -0.1) is 0 Å². The second kappa shape index (κ2) is 17.5. The van der Waals surface area contributed by atoms with Crippen LogP contribution in [0.4, 0.5) is 0 Å². The molecule has 0 saturated heterocycles. The molecule has 0 aliphatic heterocycles. The SMILES string of the molecule is CCCCCCCCCCCCCCCCCCc1cccc[n+]1CN. The number of aryl methyl sites for hydroxylation is 1. The zero-order valence-electron chi connectivity index (χ0n) is 17.6. The van der Waals surface area contributed by atoms with E-state index >= 15 is 0 Å². The number of pyridine rings is 1. The molecule has 2 heteroatoms. The first kappa shape index (κ1) is 23.1. The maximum Gasteiger partial charge on any atom is 0.199 e. The molecule has 2 nitrogen and oxygen atoms in total. The van der Waals surface area contributed by atoms with Crippen LogP contribution < -0.4 is 10.3 Å². The van der Waals surface area contributed by atoms with Gasteiger partial charge in [0.05, 0.1) is 0 Å². The van der Waals surface area contributed by atoms with E-state index in [0.717, 1.165) is 6.42 Å². The highest BCUT2D eigenvalue weighted by molar-refractivity contribution is 4.97. The summed E-state index contributed by atoms with van der Waals surface area (Å²) in [4.78, 5) is 0. The minimum Gasteiger partial charge on any atom is -0.275 e. The van der Waals surface area contributed by atoms with Gasteiger partial charge < -0.3 is 0 Å². The number of aromatic nitrogens is 1. The molecule has 0 unspecified atom stereocenters. The van der Waals surface area contributed by atoms with Crippen LogP contribution >= 0.6 is 0 Å². The quantitative estimate of drug-likeness (QED) is 0.229. The molecule has 2 N–H and O–H groups in total. The van der Waals surface area contributed by atoms with Crippen molar-refractivity contribution in [2.75, 3.05) is 0 Å². The summed E-state index contributed by atoms with van der Waals surface area (Å²) in [5, 5.41) is 0. The van der Waals surface area contributed by atoms with Crippen LogP contribution in [0.2, 0.25) is 0 Å². The van der Waals surface area contributed by atoms with Crippen LogP contribution in [-0.4, -0.2) is 0 Å². The van der Waals surface area contributed by atoms with Crippen molar-refractivity contribution in [1.29, 1.82) is 0 Å². The van der Waals surface area contributed by atoms with E-state index in [1.54, 1.807) is 0 Å². The van der Waals surface area contributed by atoms with Crippen LogP contribution in [0.3, 0.4) is 0 Å². The van der Waals surface area contributed by atoms with Gasteiger partial charge >= 0.3 is 0 Å². The highest BCUT2D eigenvalue weighted by Crippen LogP contribution is 2.14. The Balaban J connectivity index is 1.80. The molecule has 0 aromatic carbocycles. The second-order valence-electron chi connectivity index (χ2n) is 7.90. The van der Waals surface area contributed by atoms with E-state index in [2.05, 4.69) is 35.9 Å². The second-order valence-corrected chi connectivity index (χ2v) is 7.90. The first-order valence-corrected chi connectivity index (χ1v) is 11.6. The summed E-state index contributed by atoms with van der Waals surface area (Å²) in [5.74, 6) is 0. The van der Waals surface area contributed by atoms with Crippen LogP contribution in [0.1, 0.15) is 115 Å². The lowest BCUT2D eigenvalue weighted by Crippen LogP contribution is -2.41. The molecule has 0 saturated carbocycles. The van der Waals surface area contributed by atoms with Crippen molar-refractivity contribution in [3.8, 4) is 0 Å². The maximum atomic E-state index is 5.77. The fraction of sp³-hybridized carbons (Fsp3) is 0.792. The highest BCUT2D eigenvalue weighted by Gasteiger charge is 2.06.